The van der Waals surface area contributed by atoms with Gasteiger partial charge in [-0.2, -0.15) is 0 Å². The molecule has 1 aromatic carbocycles. The fourth-order valence-corrected chi connectivity index (χ4v) is 2.74. The van der Waals surface area contributed by atoms with E-state index in [0.29, 0.717) is 27.5 Å². The Morgan fingerprint density at radius 1 is 1.23 bits per heavy atom. The average molecular weight is 299 g/mol. The summed E-state index contributed by atoms with van der Waals surface area (Å²) in [5, 5.41) is 13.7. The molecule has 0 radical (unpaired) electrons. The fraction of sp³-hybridized carbons (Fsp3) is 0.200. The van der Waals surface area contributed by atoms with Crippen LogP contribution in [0.15, 0.2) is 32.2 Å². The molecular formula is C15H13N3O4. The standard InChI is InChI=1S/C15H13N3O4/c1-6(2)18-14-8(15(21)17-18)5-10-11(16-14)7-3-4-9(19)12(20)13(7)22-10/h3-6,16,20H,1-2H3,(H,17,21). The number of furan rings is 1. The van der Waals surface area contributed by atoms with E-state index in [1.54, 1.807) is 16.8 Å². The third-order valence-corrected chi connectivity index (χ3v) is 3.82. The predicted molar refractivity (Wildman–Crippen MR) is 82.5 cm³/mol. The van der Waals surface area contributed by atoms with E-state index in [9.17, 15) is 14.7 Å². The van der Waals surface area contributed by atoms with Gasteiger partial charge >= 0.3 is 0 Å². The maximum absolute atomic E-state index is 12.0. The summed E-state index contributed by atoms with van der Waals surface area (Å²) in [7, 11) is 0. The quantitative estimate of drug-likeness (QED) is 0.501. The van der Waals surface area contributed by atoms with E-state index in [-0.39, 0.29) is 17.2 Å². The van der Waals surface area contributed by atoms with Gasteiger partial charge in [0.1, 0.15) is 5.65 Å². The second-order valence-corrected chi connectivity index (χ2v) is 5.57. The number of hydrogen-bond acceptors (Lipinski definition) is 4. The minimum Gasteiger partial charge on any atom is -0.502 e. The molecule has 3 aromatic heterocycles. The third kappa shape index (κ3) is 1.50. The lowest BCUT2D eigenvalue weighted by Gasteiger charge is -2.07. The van der Waals surface area contributed by atoms with Crippen molar-refractivity contribution >= 4 is 33.1 Å². The topological polar surface area (TPSA) is 104 Å². The molecule has 3 heterocycles. The number of H-pyrrole nitrogens is 2. The normalized spacial score (nSPS) is 12.1. The number of nitrogens with one attached hydrogen (secondary N) is 2. The van der Waals surface area contributed by atoms with E-state index in [2.05, 4.69) is 10.1 Å². The summed E-state index contributed by atoms with van der Waals surface area (Å²) in [5.74, 6) is -0.424. The van der Waals surface area contributed by atoms with Crippen LogP contribution in [-0.4, -0.2) is 19.9 Å². The van der Waals surface area contributed by atoms with Crippen LogP contribution in [0.3, 0.4) is 0 Å². The highest BCUT2D eigenvalue weighted by atomic mass is 16.4. The van der Waals surface area contributed by atoms with E-state index >= 15 is 0 Å². The molecule has 7 nitrogen and oxygen atoms in total. The first kappa shape index (κ1) is 12.8. The van der Waals surface area contributed by atoms with Crippen molar-refractivity contribution in [2.24, 2.45) is 0 Å². The Morgan fingerprint density at radius 3 is 2.73 bits per heavy atom. The molecule has 22 heavy (non-hydrogen) atoms. The summed E-state index contributed by atoms with van der Waals surface area (Å²) in [5.41, 5.74) is 1.08. The van der Waals surface area contributed by atoms with Crippen molar-refractivity contribution in [2.45, 2.75) is 19.9 Å². The SMILES string of the molecule is CC(C)n1[nH]c(=O)c2cc3oc4c(O)c(=O)ccc4c3[nH]c21. The molecule has 112 valence electrons. The van der Waals surface area contributed by atoms with E-state index in [1.165, 1.54) is 6.07 Å². The first-order valence-corrected chi connectivity index (χ1v) is 6.89. The summed E-state index contributed by atoms with van der Waals surface area (Å²) in [4.78, 5) is 26.7. The molecule has 0 aliphatic rings. The molecule has 0 bridgehead atoms. The maximum atomic E-state index is 12.0. The lowest BCUT2D eigenvalue weighted by molar-refractivity contribution is 0.464. The Labute approximate surface area is 122 Å². The molecule has 0 saturated carbocycles. The number of benzene rings is 1. The van der Waals surface area contributed by atoms with Crippen LogP contribution in [0.1, 0.15) is 19.9 Å². The van der Waals surface area contributed by atoms with Crippen LogP contribution in [0.4, 0.5) is 0 Å². The van der Waals surface area contributed by atoms with Crippen molar-refractivity contribution in [3.05, 3.63) is 38.8 Å². The van der Waals surface area contributed by atoms with Crippen LogP contribution in [0.2, 0.25) is 0 Å². The Morgan fingerprint density at radius 2 is 2.00 bits per heavy atom. The highest BCUT2D eigenvalue weighted by molar-refractivity contribution is 6.07. The van der Waals surface area contributed by atoms with Crippen molar-refractivity contribution in [1.82, 2.24) is 14.8 Å². The first-order chi connectivity index (χ1) is 10.5. The second-order valence-electron chi connectivity index (χ2n) is 5.57. The van der Waals surface area contributed by atoms with Gasteiger partial charge in [-0.3, -0.25) is 19.4 Å². The molecule has 0 aliphatic heterocycles. The van der Waals surface area contributed by atoms with Gasteiger partial charge in [0.25, 0.3) is 5.56 Å². The zero-order chi connectivity index (χ0) is 15.6. The molecule has 0 fully saturated rings. The summed E-state index contributed by atoms with van der Waals surface area (Å²) in [6.07, 6.45) is 0. The molecule has 0 amide bonds. The van der Waals surface area contributed by atoms with Crippen LogP contribution < -0.4 is 11.0 Å². The maximum Gasteiger partial charge on any atom is 0.273 e. The van der Waals surface area contributed by atoms with Crippen LogP contribution in [0, 0.1) is 0 Å². The molecule has 0 unspecified atom stereocenters. The van der Waals surface area contributed by atoms with Crippen LogP contribution >= 0.6 is 0 Å². The van der Waals surface area contributed by atoms with Crippen LogP contribution in [0.25, 0.3) is 33.1 Å². The molecular weight excluding hydrogens is 286 g/mol. The van der Waals surface area contributed by atoms with E-state index in [1.807, 2.05) is 13.8 Å². The number of aromatic amines is 2. The number of fused-ring (bicyclic) bond motifs is 4. The molecule has 3 N–H and O–H groups in total. The second kappa shape index (κ2) is 4.03. The molecule has 4 aromatic rings. The highest BCUT2D eigenvalue weighted by Gasteiger charge is 2.17. The minimum atomic E-state index is -0.499. The Balaban J connectivity index is 2.24. The number of phenolic OH excluding ortho intramolecular Hbond substituents is 1. The minimum absolute atomic E-state index is 0.0683. The molecule has 0 aliphatic carbocycles. The highest BCUT2D eigenvalue weighted by Crippen LogP contribution is 2.32. The van der Waals surface area contributed by atoms with Gasteiger partial charge in [0.15, 0.2) is 11.2 Å². The zero-order valence-electron chi connectivity index (χ0n) is 11.9. The van der Waals surface area contributed by atoms with Crippen molar-refractivity contribution in [3.8, 4) is 5.75 Å². The Bertz CT molecular complexity index is 1160. The molecule has 0 saturated heterocycles. The van der Waals surface area contributed by atoms with Crippen molar-refractivity contribution < 1.29 is 9.52 Å². The van der Waals surface area contributed by atoms with E-state index in [4.69, 9.17) is 4.42 Å². The lowest BCUT2D eigenvalue weighted by Crippen LogP contribution is -2.07. The number of rotatable bonds is 1. The molecule has 0 spiro atoms. The van der Waals surface area contributed by atoms with Crippen molar-refractivity contribution in [2.75, 3.05) is 0 Å². The molecule has 0 atom stereocenters. The predicted octanol–water partition coefficient (Wildman–Crippen LogP) is 2.20. The van der Waals surface area contributed by atoms with Gasteiger partial charge < -0.3 is 14.5 Å². The number of aromatic nitrogens is 3. The lowest BCUT2D eigenvalue weighted by atomic mass is 10.2. The monoisotopic (exact) mass is 299 g/mol. The van der Waals surface area contributed by atoms with Crippen LogP contribution in [-0.2, 0) is 0 Å². The van der Waals surface area contributed by atoms with Gasteiger partial charge in [-0.25, -0.2) is 0 Å². The van der Waals surface area contributed by atoms with Gasteiger partial charge in [0.2, 0.25) is 11.2 Å². The summed E-state index contributed by atoms with van der Waals surface area (Å²) in [6.45, 7) is 3.91. The number of hydrogen-bond donors (Lipinski definition) is 3. The van der Waals surface area contributed by atoms with Gasteiger partial charge in [-0.15, -0.1) is 0 Å². The van der Waals surface area contributed by atoms with Gasteiger partial charge in [-0.05, 0) is 32.0 Å². The van der Waals surface area contributed by atoms with E-state index < -0.39 is 11.2 Å². The van der Waals surface area contributed by atoms with Crippen molar-refractivity contribution in [1.29, 1.82) is 0 Å². The van der Waals surface area contributed by atoms with Crippen LogP contribution in [0.5, 0.6) is 5.75 Å². The first-order valence-electron chi connectivity index (χ1n) is 6.89. The van der Waals surface area contributed by atoms with Gasteiger partial charge in [0, 0.05) is 11.4 Å². The number of nitrogens with zero attached hydrogens (tertiary/aromatic N) is 1. The number of pyridine rings is 1. The third-order valence-electron chi connectivity index (χ3n) is 3.82. The number of phenols is 1. The smallest absolute Gasteiger partial charge is 0.273 e. The Kier molecular flexibility index (Phi) is 2.34. The molecule has 7 heteroatoms. The summed E-state index contributed by atoms with van der Waals surface area (Å²) in [6, 6.07) is 4.56. The van der Waals surface area contributed by atoms with Gasteiger partial charge in [0.05, 0.1) is 10.9 Å². The largest absolute Gasteiger partial charge is 0.502 e. The van der Waals surface area contributed by atoms with Crippen molar-refractivity contribution in [3.63, 3.8) is 0 Å². The van der Waals surface area contributed by atoms with Gasteiger partial charge in [-0.1, -0.05) is 0 Å². The fourth-order valence-electron chi connectivity index (χ4n) is 2.74. The average Bonchev–Trinajstić information content (AvgIpc) is 3.00. The molecule has 4 rings (SSSR count). The summed E-state index contributed by atoms with van der Waals surface area (Å²) >= 11 is 0. The zero-order valence-corrected chi connectivity index (χ0v) is 11.9. The number of aromatic hydroxyl groups is 1. The van der Waals surface area contributed by atoms with E-state index in [0.717, 1.165) is 0 Å². The Hall–Kier alpha value is -2.96. The summed E-state index contributed by atoms with van der Waals surface area (Å²) < 4.78 is 7.29.